The first kappa shape index (κ1) is 15.1. The van der Waals surface area contributed by atoms with Crippen LogP contribution in [-0.4, -0.2) is 30.6 Å². The van der Waals surface area contributed by atoms with Crippen LogP contribution in [0.3, 0.4) is 0 Å². The minimum atomic E-state index is 0.707. The fourth-order valence-electron chi connectivity index (χ4n) is 3.57. The number of imidazole rings is 2. The van der Waals surface area contributed by atoms with Crippen molar-refractivity contribution in [3.05, 3.63) is 72.4 Å². The Hall–Kier alpha value is -4.00. The van der Waals surface area contributed by atoms with E-state index in [0.717, 1.165) is 40.2 Å². The van der Waals surface area contributed by atoms with Crippen molar-refractivity contribution < 1.29 is 0 Å². The lowest BCUT2D eigenvalue weighted by atomic mass is 10.0. The summed E-state index contributed by atoms with van der Waals surface area (Å²) >= 11 is 0. The molecule has 3 aromatic heterocycles. The molecule has 0 amide bonds. The number of H-pyrrole nitrogens is 1. The number of aromatic nitrogens is 5. The third-order valence-electron chi connectivity index (χ3n) is 4.99. The van der Waals surface area contributed by atoms with Crippen LogP contribution < -0.4 is 5.32 Å². The Balaban J connectivity index is 1.45. The lowest BCUT2D eigenvalue weighted by Crippen LogP contribution is -2.00. The molecule has 4 heterocycles. The molecule has 2 N–H and O–H groups in total. The van der Waals surface area contributed by atoms with E-state index in [9.17, 15) is 0 Å². The van der Waals surface area contributed by atoms with Crippen molar-refractivity contribution in [2.24, 2.45) is 4.99 Å². The van der Waals surface area contributed by atoms with E-state index in [1.807, 2.05) is 41.2 Å². The third kappa shape index (κ3) is 2.37. The van der Waals surface area contributed by atoms with Crippen molar-refractivity contribution in [1.82, 2.24) is 24.3 Å². The summed E-state index contributed by atoms with van der Waals surface area (Å²) in [5.74, 6) is 0.707. The van der Waals surface area contributed by atoms with E-state index in [0.29, 0.717) is 5.82 Å². The maximum absolute atomic E-state index is 4.87. The van der Waals surface area contributed by atoms with Crippen LogP contribution in [0.2, 0.25) is 0 Å². The van der Waals surface area contributed by atoms with Crippen LogP contribution in [0.4, 0.5) is 11.5 Å². The van der Waals surface area contributed by atoms with Gasteiger partial charge in [-0.05, 0) is 35.4 Å². The Morgan fingerprint density at radius 2 is 2.07 bits per heavy atom. The Morgan fingerprint density at radius 1 is 1.07 bits per heavy atom. The van der Waals surface area contributed by atoms with Crippen LogP contribution in [0.15, 0.2) is 66.3 Å². The van der Waals surface area contributed by atoms with Crippen LogP contribution in [0.1, 0.15) is 11.1 Å². The fraction of sp³-hybridized carbons (Fsp3) is 0.0476. The fourth-order valence-corrected chi connectivity index (χ4v) is 3.57. The Morgan fingerprint density at radius 3 is 3.07 bits per heavy atom. The van der Waals surface area contributed by atoms with E-state index in [2.05, 4.69) is 43.5 Å². The van der Waals surface area contributed by atoms with Crippen LogP contribution in [-0.2, 0) is 6.54 Å². The van der Waals surface area contributed by atoms with Crippen molar-refractivity contribution in [3.8, 4) is 11.3 Å². The van der Waals surface area contributed by atoms with Gasteiger partial charge in [0.2, 0.25) is 0 Å². The summed E-state index contributed by atoms with van der Waals surface area (Å²) in [6, 6.07) is 12.3. The van der Waals surface area contributed by atoms with Crippen LogP contribution in [0, 0.1) is 0 Å². The molecule has 1 aliphatic rings. The summed E-state index contributed by atoms with van der Waals surface area (Å²) in [6.07, 6.45) is 9.33. The summed E-state index contributed by atoms with van der Waals surface area (Å²) < 4.78 is 1.99. The van der Waals surface area contributed by atoms with E-state index in [1.54, 1.807) is 12.5 Å². The quantitative estimate of drug-likeness (QED) is 0.507. The topological polar surface area (TPSA) is 83.3 Å². The molecule has 28 heavy (non-hydrogen) atoms. The number of benzene rings is 2. The number of nitrogens with one attached hydrogen (secondary N) is 2. The molecule has 0 saturated carbocycles. The molecule has 134 valence electrons. The van der Waals surface area contributed by atoms with Gasteiger partial charge in [-0.15, -0.1) is 0 Å². The number of aliphatic imine (C=N–C) groups is 1. The zero-order chi connectivity index (χ0) is 18.5. The minimum absolute atomic E-state index is 0.707. The zero-order valence-electron chi connectivity index (χ0n) is 14.8. The molecule has 0 atom stereocenters. The lowest BCUT2D eigenvalue weighted by molar-refractivity contribution is 1.10. The first-order valence-electron chi connectivity index (χ1n) is 9.00. The number of nitrogens with zero attached hydrogens (tertiary/aromatic N) is 5. The van der Waals surface area contributed by atoms with Crippen LogP contribution in [0.5, 0.6) is 0 Å². The van der Waals surface area contributed by atoms with Gasteiger partial charge < -0.3 is 14.7 Å². The molecule has 0 bridgehead atoms. The van der Waals surface area contributed by atoms with Gasteiger partial charge in [-0.1, -0.05) is 12.1 Å². The average molecular weight is 365 g/mol. The summed E-state index contributed by atoms with van der Waals surface area (Å²) in [5, 5.41) is 3.41. The summed E-state index contributed by atoms with van der Waals surface area (Å²) in [4.78, 5) is 21.1. The first-order valence-corrected chi connectivity index (χ1v) is 9.00. The molecule has 6 rings (SSSR count). The summed E-state index contributed by atoms with van der Waals surface area (Å²) in [5.41, 5.74) is 7.95. The predicted octanol–water partition coefficient (Wildman–Crippen LogP) is 3.95. The molecule has 0 fully saturated rings. The number of anilines is 2. The highest BCUT2D eigenvalue weighted by Crippen LogP contribution is 2.28. The second-order valence-electron chi connectivity index (χ2n) is 6.78. The molecule has 0 radical (unpaired) electrons. The Bertz CT molecular complexity index is 1380. The highest BCUT2D eigenvalue weighted by Gasteiger charge is 2.13. The van der Waals surface area contributed by atoms with Gasteiger partial charge in [0.25, 0.3) is 0 Å². The van der Waals surface area contributed by atoms with Gasteiger partial charge in [-0.3, -0.25) is 4.99 Å². The molecule has 0 spiro atoms. The van der Waals surface area contributed by atoms with Crippen LogP contribution in [0.25, 0.3) is 27.9 Å². The van der Waals surface area contributed by atoms with E-state index in [4.69, 9.17) is 4.98 Å². The standard InChI is InChI=1S/C21H15N7/c1-2-14-9-22-10-15(14)7-13(1)19-11-28-6-5-23-21(28)20(27-19)26-16-3-4-17-18(8-16)25-12-24-17/h1-9,11-12H,10H2,(H,24,25)(H,26,27). The summed E-state index contributed by atoms with van der Waals surface area (Å²) in [7, 11) is 0. The maximum Gasteiger partial charge on any atom is 0.180 e. The van der Waals surface area contributed by atoms with Crippen molar-refractivity contribution >= 4 is 34.4 Å². The number of hydrogen-bond donors (Lipinski definition) is 2. The molecule has 1 aliphatic heterocycles. The zero-order valence-corrected chi connectivity index (χ0v) is 14.8. The van der Waals surface area contributed by atoms with Crippen molar-refractivity contribution in [2.75, 3.05) is 5.32 Å². The second kappa shape index (κ2) is 5.75. The predicted molar refractivity (Wildman–Crippen MR) is 109 cm³/mol. The number of fused-ring (bicyclic) bond motifs is 3. The Kier molecular flexibility index (Phi) is 3.10. The first-order chi connectivity index (χ1) is 13.8. The SMILES string of the molecule is C1=NCc2cc(-c3cn4ccnc4c(Nc4ccc5nc[nH]c5c4)n3)ccc21. The minimum Gasteiger partial charge on any atom is -0.345 e. The monoisotopic (exact) mass is 365 g/mol. The van der Waals surface area contributed by atoms with Crippen molar-refractivity contribution in [3.63, 3.8) is 0 Å². The van der Waals surface area contributed by atoms with Crippen LogP contribution >= 0.6 is 0 Å². The number of rotatable bonds is 3. The van der Waals surface area contributed by atoms with E-state index < -0.39 is 0 Å². The molecule has 0 saturated heterocycles. The molecule has 0 aliphatic carbocycles. The number of aromatic amines is 1. The van der Waals surface area contributed by atoms with Gasteiger partial charge in [0, 0.05) is 36.1 Å². The van der Waals surface area contributed by atoms with Gasteiger partial charge >= 0.3 is 0 Å². The largest absolute Gasteiger partial charge is 0.345 e. The summed E-state index contributed by atoms with van der Waals surface area (Å²) in [6.45, 7) is 0.728. The number of hydrogen-bond acceptors (Lipinski definition) is 5. The van der Waals surface area contributed by atoms with Crippen molar-refractivity contribution in [2.45, 2.75) is 6.54 Å². The van der Waals surface area contributed by atoms with E-state index in [1.165, 1.54) is 11.1 Å². The van der Waals surface area contributed by atoms with Gasteiger partial charge in [0.05, 0.1) is 29.6 Å². The van der Waals surface area contributed by atoms with Gasteiger partial charge in [0.15, 0.2) is 11.5 Å². The lowest BCUT2D eigenvalue weighted by Gasteiger charge is -2.11. The molecule has 7 nitrogen and oxygen atoms in total. The normalized spacial score (nSPS) is 12.7. The molecule has 0 unspecified atom stereocenters. The van der Waals surface area contributed by atoms with Gasteiger partial charge in [0.1, 0.15) is 0 Å². The Labute approximate surface area is 159 Å². The second-order valence-corrected chi connectivity index (χ2v) is 6.78. The molecule has 2 aromatic carbocycles. The van der Waals surface area contributed by atoms with Gasteiger partial charge in [-0.2, -0.15) is 0 Å². The van der Waals surface area contributed by atoms with Gasteiger partial charge in [-0.25, -0.2) is 15.0 Å². The molecule has 5 aromatic rings. The highest BCUT2D eigenvalue weighted by molar-refractivity contribution is 5.86. The average Bonchev–Trinajstić information content (AvgIpc) is 3.46. The molecule has 7 heteroatoms. The smallest absolute Gasteiger partial charge is 0.180 e. The molecular weight excluding hydrogens is 350 g/mol. The van der Waals surface area contributed by atoms with E-state index >= 15 is 0 Å². The maximum atomic E-state index is 4.87. The third-order valence-corrected chi connectivity index (χ3v) is 4.99. The van der Waals surface area contributed by atoms with E-state index in [-0.39, 0.29) is 0 Å². The highest BCUT2D eigenvalue weighted by atomic mass is 15.1. The van der Waals surface area contributed by atoms with Crippen molar-refractivity contribution in [1.29, 1.82) is 0 Å². The molecular formula is C21H15N7.